The number of fused-ring (bicyclic) bond motifs is 1. The molecule has 0 spiro atoms. The van der Waals surface area contributed by atoms with Crippen LogP contribution < -0.4 is 10.3 Å². The smallest absolute Gasteiger partial charge is 0.449 e. The SMILES string of the molecule is O=C(O)Oc1c(CN2CCN(Cc3ccncc3)CC2)n(-c2cccc(F)c2)c(=O)c2ccccc12. The van der Waals surface area contributed by atoms with Crippen molar-refractivity contribution in [1.29, 1.82) is 0 Å². The van der Waals surface area contributed by atoms with Gasteiger partial charge in [-0.15, -0.1) is 0 Å². The summed E-state index contributed by atoms with van der Waals surface area (Å²) in [5.74, 6) is -0.412. The van der Waals surface area contributed by atoms with E-state index in [1.165, 1.54) is 28.3 Å². The molecule has 1 fully saturated rings. The van der Waals surface area contributed by atoms with Gasteiger partial charge in [0.25, 0.3) is 5.56 Å². The minimum Gasteiger partial charge on any atom is -0.449 e. The van der Waals surface area contributed by atoms with Crippen LogP contribution in [0.5, 0.6) is 5.75 Å². The number of pyridine rings is 2. The van der Waals surface area contributed by atoms with E-state index in [1.54, 1.807) is 42.7 Å². The first-order chi connectivity index (χ1) is 17.5. The molecule has 0 aliphatic carbocycles. The van der Waals surface area contributed by atoms with Crippen LogP contribution >= 0.6 is 0 Å². The molecule has 9 heteroatoms. The molecule has 1 aliphatic rings. The maximum atomic E-state index is 14.2. The number of rotatable bonds is 6. The number of aromatic nitrogens is 2. The Balaban J connectivity index is 1.52. The molecule has 36 heavy (non-hydrogen) atoms. The summed E-state index contributed by atoms with van der Waals surface area (Å²) in [5.41, 5.74) is 1.51. The highest BCUT2D eigenvalue weighted by molar-refractivity contribution is 5.90. The van der Waals surface area contributed by atoms with Gasteiger partial charge < -0.3 is 9.84 Å². The average Bonchev–Trinajstić information content (AvgIpc) is 2.88. The summed E-state index contributed by atoms with van der Waals surface area (Å²) in [7, 11) is 0. The lowest BCUT2D eigenvalue weighted by Crippen LogP contribution is -2.46. The second-order valence-corrected chi connectivity index (χ2v) is 8.72. The zero-order chi connectivity index (χ0) is 25.1. The van der Waals surface area contributed by atoms with E-state index in [2.05, 4.69) is 14.8 Å². The van der Waals surface area contributed by atoms with Crippen LogP contribution in [0.1, 0.15) is 11.3 Å². The fraction of sp³-hybridized carbons (Fsp3) is 0.222. The molecule has 0 saturated carbocycles. The van der Waals surface area contributed by atoms with Gasteiger partial charge >= 0.3 is 6.16 Å². The van der Waals surface area contributed by atoms with Crippen molar-refractivity contribution >= 4 is 16.9 Å². The number of carbonyl (C=O) groups is 1. The van der Waals surface area contributed by atoms with Gasteiger partial charge in [0.15, 0.2) is 5.75 Å². The molecule has 0 unspecified atom stereocenters. The first kappa shape index (κ1) is 23.7. The zero-order valence-corrected chi connectivity index (χ0v) is 19.5. The highest BCUT2D eigenvalue weighted by Crippen LogP contribution is 2.31. The molecule has 0 atom stereocenters. The quantitative estimate of drug-likeness (QED) is 0.412. The van der Waals surface area contributed by atoms with Crippen molar-refractivity contribution in [2.45, 2.75) is 13.1 Å². The van der Waals surface area contributed by atoms with Gasteiger partial charge in [0.2, 0.25) is 0 Å². The Morgan fingerprint density at radius 2 is 1.58 bits per heavy atom. The highest BCUT2D eigenvalue weighted by Gasteiger charge is 2.25. The van der Waals surface area contributed by atoms with Gasteiger partial charge in [-0.2, -0.15) is 0 Å². The van der Waals surface area contributed by atoms with E-state index in [0.717, 1.165) is 19.6 Å². The van der Waals surface area contributed by atoms with Crippen molar-refractivity contribution in [3.8, 4) is 11.4 Å². The van der Waals surface area contributed by atoms with Gasteiger partial charge in [-0.05, 0) is 42.0 Å². The third kappa shape index (κ3) is 4.98. The molecule has 184 valence electrons. The summed E-state index contributed by atoms with van der Waals surface area (Å²) in [4.78, 5) is 33.8. The van der Waals surface area contributed by atoms with E-state index < -0.39 is 12.0 Å². The van der Waals surface area contributed by atoms with E-state index >= 15 is 0 Å². The van der Waals surface area contributed by atoms with Crippen LogP contribution in [0.25, 0.3) is 16.5 Å². The summed E-state index contributed by atoms with van der Waals surface area (Å²) in [5, 5.41) is 10.2. The fourth-order valence-corrected chi connectivity index (χ4v) is 4.66. The first-order valence-corrected chi connectivity index (χ1v) is 11.7. The zero-order valence-electron chi connectivity index (χ0n) is 19.5. The highest BCUT2D eigenvalue weighted by atomic mass is 19.1. The van der Waals surface area contributed by atoms with E-state index in [1.807, 2.05) is 12.1 Å². The van der Waals surface area contributed by atoms with Gasteiger partial charge in [0.05, 0.1) is 16.8 Å². The molecule has 0 radical (unpaired) electrons. The van der Waals surface area contributed by atoms with Crippen LogP contribution in [0.15, 0.2) is 77.9 Å². The van der Waals surface area contributed by atoms with Crippen LogP contribution in [0, 0.1) is 5.82 Å². The molecular formula is C27H25FN4O4. The molecule has 0 bridgehead atoms. The Hall–Kier alpha value is -4.08. The number of benzene rings is 2. The number of nitrogens with zero attached hydrogens (tertiary/aromatic N) is 4. The third-order valence-electron chi connectivity index (χ3n) is 6.39. The maximum Gasteiger partial charge on any atom is 0.511 e. The molecule has 1 saturated heterocycles. The molecule has 1 aliphatic heterocycles. The van der Waals surface area contributed by atoms with Crippen molar-refractivity contribution in [2.24, 2.45) is 0 Å². The maximum absolute atomic E-state index is 14.2. The first-order valence-electron chi connectivity index (χ1n) is 11.7. The minimum atomic E-state index is -1.48. The van der Waals surface area contributed by atoms with Gasteiger partial charge in [-0.1, -0.05) is 24.3 Å². The predicted molar refractivity (Wildman–Crippen MR) is 133 cm³/mol. The topological polar surface area (TPSA) is 87.9 Å². The summed E-state index contributed by atoms with van der Waals surface area (Å²) in [6.45, 7) is 4.10. The number of carboxylic acid groups (broad SMARTS) is 1. The Kier molecular flexibility index (Phi) is 6.75. The second kappa shape index (κ2) is 10.3. The molecule has 0 amide bonds. The van der Waals surface area contributed by atoms with Gasteiger partial charge in [-0.3, -0.25) is 24.1 Å². The molecule has 8 nitrogen and oxygen atoms in total. The number of piperazine rings is 1. The number of hydrogen-bond acceptors (Lipinski definition) is 6. The third-order valence-corrected chi connectivity index (χ3v) is 6.39. The summed E-state index contributed by atoms with van der Waals surface area (Å²) in [6, 6.07) is 16.4. The summed E-state index contributed by atoms with van der Waals surface area (Å²) in [6.07, 6.45) is 2.08. The number of hydrogen-bond donors (Lipinski definition) is 1. The normalized spacial score (nSPS) is 14.7. The van der Waals surface area contributed by atoms with Crippen molar-refractivity contribution in [3.05, 3.63) is 100 Å². The molecular weight excluding hydrogens is 463 g/mol. The molecule has 4 aromatic rings. The largest absolute Gasteiger partial charge is 0.511 e. The summed E-state index contributed by atoms with van der Waals surface area (Å²) >= 11 is 0. The van der Waals surface area contributed by atoms with E-state index in [9.17, 15) is 19.1 Å². The van der Waals surface area contributed by atoms with Crippen LogP contribution in [-0.4, -0.2) is 56.8 Å². The number of halogens is 1. The van der Waals surface area contributed by atoms with E-state index in [-0.39, 0.29) is 17.9 Å². The lowest BCUT2D eigenvalue weighted by molar-refractivity contribution is 0.118. The standard InChI is InChI=1S/C27H25FN4O4/c28-20-4-3-5-21(16-20)32-24(25(36-27(34)35)22-6-1-2-7-23(22)26(32)33)18-31-14-12-30(13-15-31)17-19-8-10-29-11-9-19/h1-11,16H,12-15,17-18H2,(H,34,35). The number of ether oxygens (including phenoxy) is 1. The predicted octanol–water partition coefficient (Wildman–Crippen LogP) is 3.90. The van der Waals surface area contributed by atoms with Crippen molar-refractivity contribution < 1.29 is 19.0 Å². The van der Waals surface area contributed by atoms with Gasteiger partial charge in [0.1, 0.15) is 5.82 Å². The van der Waals surface area contributed by atoms with Crippen molar-refractivity contribution in [2.75, 3.05) is 26.2 Å². The second-order valence-electron chi connectivity index (χ2n) is 8.72. The monoisotopic (exact) mass is 488 g/mol. The Morgan fingerprint density at radius 1 is 0.917 bits per heavy atom. The molecule has 1 N–H and O–H groups in total. The van der Waals surface area contributed by atoms with Gasteiger partial charge in [0, 0.05) is 57.0 Å². The molecule has 3 heterocycles. The van der Waals surface area contributed by atoms with E-state index in [0.29, 0.717) is 35.2 Å². The Bertz CT molecular complexity index is 1450. The molecule has 5 rings (SSSR count). The summed E-state index contributed by atoms with van der Waals surface area (Å²) < 4.78 is 20.8. The van der Waals surface area contributed by atoms with Crippen LogP contribution in [0.3, 0.4) is 0 Å². The average molecular weight is 489 g/mol. The van der Waals surface area contributed by atoms with Crippen molar-refractivity contribution in [3.63, 3.8) is 0 Å². The fourth-order valence-electron chi connectivity index (χ4n) is 4.66. The van der Waals surface area contributed by atoms with Crippen LogP contribution in [0.2, 0.25) is 0 Å². The van der Waals surface area contributed by atoms with Crippen LogP contribution in [0.4, 0.5) is 9.18 Å². The van der Waals surface area contributed by atoms with Gasteiger partial charge in [-0.25, -0.2) is 9.18 Å². The Labute approximate surface area is 206 Å². The Morgan fingerprint density at radius 3 is 2.25 bits per heavy atom. The molecule has 2 aromatic carbocycles. The lowest BCUT2D eigenvalue weighted by atomic mass is 10.1. The lowest BCUT2D eigenvalue weighted by Gasteiger charge is -2.35. The molecule has 2 aromatic heterocycles. The van der Waals surface area contributed by atoms with Crippen molar-refractivity contribution in [1.82, 2.24) is 19.4 Å². The minimum absolute atomic E-state index is 0.0844. The van der Waals surface area contributed by atoms with E-state index in [4.69, 9.17) is 4.74 Å². The van der Waals surface area contributed by atoms with Crippen LogP contribution in [-0.2, 0) is 13.1 Å².